The highest BCUT2D eigenvalue weighted by Gasteiger charge is 2.33. The van der Waals surface area contributed by atoms with E-state index < -0.39 is 39.3 Å². The molecule has 0 bridgehead atoms. The van der Waals surface area contributed by atoms with Crippen LogP contribution in [0.5, 0.6) is 0 Å². The predicted molar refractivity (Wildman–Crippen MR) is 150 cm³/mol. The van der Waals surface area contributed by atoms with Gasteiger partial charge in [0.25, 0.3) is 5.69 Å². The van der Waals surface area contributed by atoms with E-state index in [9.17, 15) is 28.1 Å². The molecular weight excluding hydrogens is 567 g/mol. The van der Waals surface area contributed by atoms with E-state index >= 15 is 0 Å². The van der Waals surface area contributed by atoms with E-state index in [-0.39, 0.29) is 29.4 Å². The van der Waals surface area contributed by atoms with Crippen molar-refractivity contribution in [1.29, 1.82) is 0 Å². The molecule has 13 heteroatoms. The average Bonchev–Trinajstić information content (AvgIpc) is 2.89. The van der Waals surface area contributed by atoms with E-state index in [1.807, 2.05) is 6.07 Å². The summed E-state index contributed by atoms with van der Waals surface area (Å²) in [6.07, 6.45) is 1.02. The summed E-state index contributed by atoms with van der Waals surface area (Å²) >= 11 is 12.4. The molecule has 3 rings (SSSR count). The minimum absolute atomic E-state index is 0.0657. The summed E-state index contributed by atoms with van der Waals surface area (Å²) in [6.45, 7) is -0.847. The Balaban J connectivity index is 2.07. The Kier molecular flexibility index (Phi) is 9.90. The number of nitrogens with one attached hydrogen (secondary N) is 1. The zero-order chi connectivity index (χ0) is 28.7. The number of rotatable bonds is 11. The monoisotopic (exact) mass is 592 g/mol. The van der Waals surface area contributed by atoms with Gasteiger partial charge in [0.05, 0.1) is 16.9 Å². The van der Waals surface area contributed by atoms with Gasteiger partial charge in [-0.05, 0) is 29.3 Å². The van der Waals surface area contributed by atoms with E-state index in [2.05, 4.69) is 5.32 Å². The molecule has 206 valence electrons. The van der Waals surface area contributed by atoms with Gasteiger partial charge in [-0.25, -0.2) is 8.42 Å². The second-order valence-electron chi connectivity index (χ2n) is 8.62. The normalized spacial score (nSPS) is 11.9. The molecule has 2 amide bonds. The third-order valence-corrected chi connectivity index (χ3v) is 7.61. The average molecular weight is 593 g/mol. The van der Waals surface area contributed by atoms with Crippen LogP contribution in [0.4, 0.5) is 11.4 Å². The van der Waals surface area contributed by atoms with Gasteiger partial charge in [0.2, 0.25) is 21.8 Å². The Bertz CT molecular complexity index is 1470. The van der Waals surface area contributed by atoms with Crippen LogP contribution in [0.15, 0.2) is 72.8 Å². The van der Waals surface area contributed by atoms with Crippen LogP contribution in [-0.2, 0) is 32.6 Å². The molecule has 39 heavy (non-hydrogen) atoms. The number of sulfonamides is 1. The van der Waals surface area contributed by atoms with Crippen LogP contribution in [-0.4, -0.2) is 55.9 Å². The first-order valence-corrected chi connectivity index (χ1v) is 14.2. The molecule has 1 atom stereocenters. The smallest absolute Gasteiger partial charge is 0.271 e. The molecule has 0 spiro atoms. The molecule has 0 aliphatic carbocycles. The van der Waals surface area contributed by atoms with Crippen LogP contribution in [0.1, 0.15) is 11.1 Å². The number of hydrogen-bond donors (Lipinski definition) is 1. The van der Waals surface area contributed by atoms with Crippen molar-refractivity contribution in [2.24, 2.45) is 0 Å². The number of likely N-dealkylation sites (N-methyl/N-ethyl adjacent to an activating group) is 1. The molecule has 0 aromatic heterocycles. The number of anilines is 1. The van der Waals surface area contributed by atoms with Crippen molar-refractivity contribution in [3.8, 4) is 0 Å². The second-order valence-corrected chi connectivity index (χ2v) is 11.4. The molecule has 0 heterocycles. The predicted octanol–water partition coefficient (Wildman–Crippen LogP) is 4.05. The van der Waals surface area contributed by atoms with Crippen molar-refractivity contribution in [2.45, 2.75) is 19.0 Å². The van der Waals surface area contributed by atoms with Crippen molar-refractivity contribution in [2.75, 3.05) is 24.2 Å². The van der Waals surface area contributed by atoms with Crippen molar-refractivity contribution in [1.82, 2.24) is 10.2 Å². The van der Waals surface area contributed by atoms with Gasteiger partial charge >= 0.3 is 0 Å². The zero-order valence-electron chi connectivity index (χ0n) is 21.1. The summed E-state index contributed by atoms with van der Waals surface area (Å²) in [6, 6.07) is 17.6. The molecule has 0 saturated carbocycles. The topological polar surface area (TPSA) is 130 Å². The Morgan fingerprint density at radius 3 is 2.31 bits per heavy atom. The lowest BCUT2D eigenvalue weighted by atomic mass is 10.0. The summed E-state index contributed by atoms with van der Waals surface area (Å²) in [5.74, 6) is -1.19. The van der Waals surface area contributed by atoms with Gasteiger partial charge < -0.3 is 10.2 Å². The van der Waals surface area contributed by atoms with Gasteiger partial charge in [0.15, 0.2) is 0 Å². The molecule has 0 aliphatic heterocycles. The molecule has 0 unspecified atom stereocenters. The maximum absolute atomic E-state index is 13.9. The van der Waals surface area contributed by atoms with Crippen molar-refractivity contribution in [3.05, 3.63) is 104 Å². The standard InChI is InChI=1S/C26H26Cl2N4O6S/c1-29-26(34)24(13-18-7-4-3-5-8-18)30(16-19-11-12-20(27)14-23(19)28)25(33)17-31(39(2,37)38)21-9-6-10-22(15-21)32(35)36/h3-12,14-15,24H,13,16-17H2,1-2H3,(H,29,34)/t24-/m1/s1. The number of halogens is 2. The van der Waals surface area contributed by atoms with Crippen LogP contribution in [0.3, 0.4) is 0 Å². The number of non-ortho nitro benzene ring substituents is 1. The molecule has 0 aliphatic rings. The summed E-state index contributed by atoms with van der Waals surface area (Å²) in [5, 5.41) is 14.5. The fraction of sp³-hybridized carbons (Fsp3) is 0.231. The summed E-state index contributed by atoms with van der Waals surface area (Å²) in [5.41, 5.74) is 0.845. The van der Waals surface area contributed by atoms with Gasteiger partial charge in [-0.1, -0.05) is 65.7 Å². The Labute approximate surface area is 236 Å². The van der Waals surface area contributed by atoms with Crippen LogP contribution in [0.2, 0.25) is 10.0 Å². The van der Waals surface area contributed by atoms with Crippen molar-refractivity contribution >= 4 is 56.4 Å². The summed E-state index contributed by atoms with van der Waals surface area (Å²) in [7, 11) is -2.63. The zero-order valence-corrected chi connectivity index (χ0v) is 23.4. The molecule has 0 fully saturated rings. The SMILES string of the molecule is CNC(=O)[C@@H](Cc1ccccc1)N(Cc1ccc(Cl)cc1Cl)C(=O)CN(c1cccc([N+](=O)[O-])c1)S(C)(=O)=O. The highest BCUT2D eigenvalue weighted by atomic mass is 35.5. The molecule has 3 aromatic rings. The first-order valence-electron chi connectivity index (χ1n) is 11.6. The Morgan fingerprint density at radius 2 is 1.72 bits per heavy atom. The number of benzene rings is 3. The number of nitro benzene ring substituents is 1. The summed E-state index contributed by atoms with van der Waals surface area (Å²) < 4.78 is 26.3. The lowest BCUT2D eigenvalue weighted by Crippen LogP contribution is -2.52. The van der Waals surface area contributed by atoms with Gasteiger partial charge in [-0.3, -0.25) is 24.0 Å². The Morgan fingerprint density at radius 1 is 1.03 bits per heavy atom. The third-order valence-electron chi connectivity index (χ3n) is 5.88. The van der Waals surface area contributed by atoms with Crippen molar-refractivity contribution in [3.63, 3.8) is 0 Å². The van der Waals surface area contributed by atoms with Gasteiger partial charge in [-0.2, -0.15) is 0 Å². The molecule has 0 radical (unpaired) electrons. The van der Waals surface area contributed by atoms with E-state index in [0.29, 0.717) is 10.6 Å². The quantitative estimate of drug-likeness (QED) is 0.264. The van der Waals surface area contributed by atoms with Crippen LogP contribution >= 0.6 is 23.2 Å². The number of hydrogen-bond acceptors (Lipinski definition) is 6. The van der Waals surface area contributed by atoms with Crippen LogP contribution in [0.25, 0.3) is 0 Å². The van der Waals surface area contributed by atoms with Gasteiger partial charge in [-0.15, -0.1) is 0 Å². The molecular formula is C26H26Cl2N4O6S. The van der Waals surface area contributed by atoms with Crippen LogP contribution < -0.4 is 9.62 Å². The van der Waals surface area contributed by atoms with Gasteiger partial charge in [0, 0.05) is 42.2 Å². The van der Waals surface area contributed by atoms with E-state index in [1.54, 1.807) is 36.4 Å². The molecule has 0 saturated heterocycles. The lowest BCUT2D eigenvalue weighted by molar-refractivity contribution is -0.384. The third kappa shape index (κ3) is 7.92. The van der Waals surface area contributed by atoms with E-state index in [1.165, 1.54) is 36.2 Å². The fourth-order valence-electron chi connectivity index (χ4n) is 3.93. The maximum Gasteiger partial charge on any atom is 0.271 e. The maximum atomic E-state index is 13.9. The summed E-state index contributed by atoms with van der Waals surface area (Å²) in [4.78, 5) is 38.8. The van der Waals surface area contributed by atoms with Gasteiger partial charge in [0.1, 0.15) is 12.6 Å². The molecule has 1 N–H and O–H groups in total. The number of nitro groups is 1. The lowest BCUT2D eigenvalue weighted by Gasteiger charge is -2.33. The minimum atomic E-state index is -4.07. The van der Waals surface area contributed by atoms with E-state index in [0.717, 1.165) is 22.2 Å². The number of carbonyl (C=O) groups excluding carboxylic acids is 2. The number of carbonyl (C=O) groups is 2. The second kappa shape index (κ2) is 12.9. The fourth-order valence-corrected chi connectivity index (χ4v) is 5.24. The van der Waals surface area contributed by atoms with Crippen molar-refractivity contribution < 1.29 is 22.9 Å². The van der Waals surface area contributed by atoms with E-state index in [4.69, 9.17) is 23.2 Å². The minimum Gasteiger partial charge on any atom is -0.357 e. The number of nitrogens with zero attached hydrogens (tertiary/aromatic N) is 3. The highest BCUT2D eigenvalue weighted by Crippen LogP contribution is 2.26. The van der Waals surface area contributed by atoms with Crippen LogP contribution in [0, 0.1) is 10.1 Å². The highest BCUT2D eigenvalue weighted by molar-refractivity contribution is 7.92. The molecule has 10 nitrogen and oxygen atoms in total. The largest absolute Gasteiger partial charge is 0.357 e. The first kappa shape index (κ1) is 29.9. The number of amides is 2. The first-order chi connectivity index (χ1) is 18.4. The Hall–Kier alpha value is -3.67. The molecule has 3 aromatic carbocycles.